The lowest BCUT2D eigenvalue weighted by Gasteiger charge is -2.10. The molecule has 7 aromatic rings. The van der Waals surface area contributed by atoms with E-state index in [1.165, 1.54) is 0 Å². The molecule has 7 heteroatoms. The van der Waals surface area contributed by atoms with Crippen molar-refractivity contribution >= 4 is 27.7 Å². The van der Waals surface area contributed by atoms with Crippen molar-refractivity contribution in [3.8, 4) is 28.7 Å². The van der Waals surface area contributed by atoms with Gasteiger partial charge in [-0.3, -0.25) is 9.20 Å². The van der Waals surface area contributed by atoms with Gasteiger partial charge < -0.3 is 0 Å². The minimum Gasteiger partial charge on any atom is -0.277 e. The van der Waals surface area contributed by atoms with E-state index < -0.39 is 0 Å². The Hall–Kier alpha value is -5.17. The van der Waals surface area contributed by atoms with Crippen LogP contribution in [-0.2, 0) is 0 Å². The van der Waals surface area contributed by atoms with Gasteiger partial charge in [0.2, 0.25) is 11.7 Å². The molecule has 3 heterocycles. The predicted octanol–water partition coefficient (Wildman–Crippen LogP) is 5.31. The average Bonchev–Trinajstić information content (AvgIpc) is 3.28. The third-order valence-corrected chi connectivity index (χ3v) is 6.23. The quantitative estimate of drug-likeness (QED) is 0.353. The maximum atomic E-state index is 13.0. The van der Waals surface area contributed by atoms with E-state index in [4.69, 9.17) is 15.0 Å². The molecule has 0 spiro atoms. The highest BCUT2D eigenvalue weighted by molar-refractivity contribution is 5.90. The van der Waals surface area contributed by atoms with Crippen molar-refractivity contribution < 1.29 is 0 Å². The lowest BCUT2D eigenvalue weighted by molar-refractivity contribution is 0.928. The molecule has 0 saturated carbocycles. The maximum Gasteiger partial charge on any atom is 0.282 e. The van der Waals surface area contributed by atoms with E-state index in [9.17, 15) is 4.79 Å². The molecule has 0 radical (unpaired) electrons. The van der Waals surface area contributed by atoms with Gasteiger partial charge >= 0.3 is 0 Å². The predicted molar refractivity (Wildman–Crippen MR) is 140 cm³/mol. The Labute approximate surface area is 205 Å². The molecule has 0 aliphatic rings. The summed E-state index contributed by atoms with van der Waals surface area (Å²) in [5, 5.41) is 0.559. The second kappa shape index (κ2) is 7.95. The van der Waals surface area contributed by atoms with Gasteiger partial charge in [-0.15, -0.1) is 0 Å². The third-order valence-electron chi connectivity index (χ3n) is 6.23. The summed E-state index contributed by atoms with van der Waals surface area (Å²) < 4.78 is 3.82. The van der Waals surface area contributed by atoms with Crippen LogP contribution in [0, 0.1) is 0 Å². The first-order valence-corrected chi connectivity index (χ1v) is 11.6. The zero-order valence-corrected chi connectivity index (χ0v) is 19.0. The molecule has 0 bridgehead atoms. The van der Waals surface area contributed by atoms with Crippen molar-refractivity contribution in [2.24, 2.45) is 0 Å². The molecule has 0 amide bonds. The average molecular weight is 467 g/mol. The molecule has 0 saturated heterocycles. The highest BCUT2D eigenvalue weighted by Gasteiger charge is 2.20. The molecule has 0 aliphatic carbocycles. The first kappa shape index (κ1) is 20.2. The Kier molecular flexibility index (Phi) is 4.47. The van der Waals surface area contributed by atoms with E-state index in [0.717, 1.165) is 27.7 Å². The highest BCUT2D eigenvalue weighted by Crippen LogP contribution is 2.28. The van der Waals surface area contributed by atoms with Crippen LogP contribution in [0.25, 0.3) is 56.4 Å². The minimum absolute atomic E-state index is 0.296. The van der Waals surface area contributed by atoms with Gasteiger partial charge in [-0.25, -0.2) is 9.55 Å². The Morgan fingerprint density at radius 1 is 0.500 bits per heavy atom. The van der Waals surface area contributed by atoms with Gasteiger partial charge in [-0.05, 0) is 24.3 Å². The lowest BCUT2D eigenvalue weighted by Crippen LogP contribution is -2.13. The van der Waals surface area contributed by atoms with E-state index in [-0.39, 0.29) is 5.56 Å². The van der Waals surface area contributed by atoms with Crippen molar-refractivity contribution in [2.75, 3.05) is 0 Å². The number of imidazole rings is 1. The van der Waals surface area contributed by atoms with Crippen molar-refractivity contribution in [3.63, 3.8) is 0 Å². The standard InChI is InChI=1S/C29H18N6O/c36-27-21-15-7-8-16-22(21)34-23-17-9-10-18-24(23)35(29(34)33-27)28-31-25(19-11-3-1-4-12-19)30-26(32-28)20-13-5-2-6-14-20/h1-18H. The maximum absolute atomic E-state index is 13.0. The Morgan fingerprint density at radius 2 is 1.03 bits per heavy atom. The second-order valence-corrected chi connectivity index (χ2v) is 8.41. The SMILES string of the molecule is O=c1nc2n(-c3nc(-c4ccccc4)nc(-c4ccccc4)n3)c3ccccc3n2c2ccccc12. The molecule has 7 nitrogen and oxygen atoms in total. The Bertz CT molecular complexity index is 1900. The van der Waals surface area contributed by atoms with Crippen LogP contribution in [0.4, 0.5) is 0 Å². The molecule has 0 aliphatic heterocycles. The summed E-state index contributed by atoms with van der Waals surface area (Å²) in [6.07, 6.45) is 0. The number of rotatable bonds is 3. The van der Waals surface area contributed by atoms with Gasteiger partial charge in [0, 0.05) is 11.1 Å². The molecule has 4 aromatic carbocycles. The second-order valence-electron chi connectivity index (χ2n) is 8.41. The van der Waals surface area contributed by atoms with Crippen LogP contribution in [-0.4, -0.2) is 28.9 Å². The largest absolute Gasteiger partial charge is 0.282 e. The summed E-state index contributed by atoms with van der Waals surface area (Å²) in [6, 6.07) is 35.0. The van der Waals surface area contributed by atoms with Gasteiger partial charge in [0.15, 0.2) is 11.6 Å². The monoisotopic (exact) mass is 466 g/mol. The number of para-hydroxylation sites is 3. The van der Waals surface area contributed by atoms with Crippen molar-refractivity contribution in [2.45, 2.75) is 0 Å². The number of aromatic nitrogens is 6. The van der Waals surface area contributed by atoms with Crippen LogP contribution in [0.2, 0.25) is 0 Å². The molecule has 7 rings (SSSR count). The van der Waals surface area contributed by atoms with E-state index >= 15 is 0 Å². The molecule has 0 N–H and O–H groups in total. The van der Waals surface area contributed by atoms with Crippen molar-refractivity contribution in [1.29, 1.82) is 0 Å². The van der Waals surface area contributed by atoms with Crippen LogP contribution in [0.1, 0.15) is 0 Å². The molecular weight excluding hydrogens is 448 g/mol. The molecule has 170 valence electrons. The highest BCUT2D eigenvalue weighted by atomic mass is 16.1. The number of fused-ring (bicyclic) bond motifs is 5. The van der Waals surface area contributed by atoms with Gasteiger partial charge in [0.05, 0.1) is 21.9 Å². The van der Waals surface area contributed by atoms with E-state index in [2.05, 4.69) is 4.98 Å². The molecule has 0 atom stereocenters. The molecule has 0 unspecified atom stereocenters. The lowest BCUT2D eigenvalue weighted by atomic mass is 10.2. The first-order valence-electron chi connectivity index (χ1n) is 11.6. The van der Waals surface area contributed by atoms with E-state index in [1.807, 2.05) is 112 Å². The van der Waals surface area contributed by atoms with Crippen LogP contribution in [0.3, 0.4) is 0 Å². The van der Waals surface area contributed by atoms with Crippen LogP contribution in [0.15, 0.2) is 114 Å². The fraction of sp³-hybridized carbons (Fsp3) is 0. The molecular formula is C29H18N6O. The van der Waals surface area contributed by atoms with Crippen molar-refractivity contribution in [3.05, 3.63) is 120 Å². The summed E-state index contributed by atoms with van der Waals surface area (Å²) in [7, 11) is 0. The first-order chi connectivity index (χ1) is 17.8. The number of hydrogen-bond acceptors (Lipinski definition) is 5. The van der Waals surface area contributed by atoms with Gasteiger partial charge in [-0.1, -0.05) is 84.9 Å². The van der Waals surface area contributed by atoms with Crippen LogP contribution < -0.4 is 5.56 Å². The summed E-state index contributed by atoms with van der Waals surface area (Å²) in [5.41, 5.74) is 3.96. The van der Waals surface area contributed by atoms with Gasteiger partial charge in [-0.2, -0.15) is 15.0 Å². The van der Waals surface area contributed by atoms with Crippen molar-refractivity contribution in [1.82, 2.24) is 28.9 Å². The van der Waals surface area contributed by atoms with Crippen LogP contribution >= 0.6 is 0 Å². The molecule has 0 fully saturated rings. The summed E-state index contributed by atoms with van der Waals surface area (Å²) in [6.45, 7) is 0. The smallest absolute Gasteiger partial charge is 0.277 e. The number of nitrogens with zero attached hydrogens (tertiary/aromatic N) is 6. The Balaban J connectivity index is 1.62. The zero-order chi connectivity index (χ0) is 24.1. The fourth-order valence-electron chi connectivity index (χ4n) is 4.59. The van der Waals surface area contributed by atoms with Gasteiger partial charge in [0.25, 0.3) is 5.56 Å². The number of hydrogen-bond donors (Lipinski definition) is 0. The molecule has 3 aromatic heterocycles. The topological polar surface area (TPSA) is 78.0 Å². The molecule has 36 heavy (non-hydrogen) atoms. The summed E-state index contributed by atoms with van der Waals surface area (Å²) in [4.78, 5) is 32.1. The van der Waals surface area contributed by atoms with Gasteiger partial charge in [0.1, 0.15) is 0 Å². The Morgan fingerprint density at radius 3 is 1.67 bits per heavy atom. The van der Waals surface area contributed by atoms with E-state index in [1.54, 1.807) is 6.07 Å². The minimum atomic E-state index is -0.296. The fourth-order valence-corrected chi connectivity index (χ4v) is 4.59. The zero-order valence-electron chi connectivity index (χ0n) is 19.0. The normalized spacial score (nSPS) is 11.4. The third kappa shape index (κ3) is 3.10. The van der Waals surface area contributed by atoms with E-state index in [0.29, 0.717) is 28.8 Å². The van der Waals surface area contributed by atoms with Crippen LogP contribution in [0.5, 0.6) is 0 Å². The summed E-state index contributed by atoms with van der Waals surface area (Å²) >= 11 is 0. The number of benzene rings is 4. The summed E-state index contributed by atoms with van der Waals surface area (Å²) in [5.74, 6) is 1.92.